The van der Waals surface area contributed by atoms with Gasteiger partial charge in [0, 0.05) is 25.6 Å². The van der Waals surface area contributed by atoms with Gasteiger partial charge in [0.05, 0.1) is 6.54 Å². The van der Waals surface area contributed by atoms with E-state index in [2.05, 4.69) is 10.6 Å². The van der Waals surface area contributed by atoms with Crippen LogP contribution in [0.1, 0.15) is 19.3 Å². The molecule has 3 N–H and O–H groups in total. The van der Waals surface area contributed by atoms with E-state index < -0.39 is 12.0 Å². The third-order valence-electron chi connectivity index (χ3n) is 3.13. The zero-order valence-electron chi connectivity index (χ0n) is 10.0. The average molecular weight is 255 g/mol. The van der Waals surface area contributed by atoms with E-state index in [1.54, 1.807) is 0 Å². The molecule has 1 aliphatic carbocycles. The van der Waals surface area contributed by atoms with Crippen LogP contribution in [0.3, 0.4) is 0 Å². The van der Waals surface area contributed by atoms with Crippen molar-refractivity contribution in [2.24, 2.45) is 0 Å². The van der Waals surface area contributed by atoms with Crippen LogP contribution in [0.15, 0.2) is 0 Å². The molecule has 1 saturated carbocycles. The second-order valence-electron chi connectivity index (χ2n) is 4.72. The van der Waals surface area contributed by atoms with Crippen molar-refractivity contribution in [1.82, 2.24) is 15.5 Å². The molecule has 1 atom stereocenters. The van der Waals surface area contributed by atoms with Gasteiger partial charge in [0.15, 0.2) is 0 Å². The lowest BCUT2D eigenvalue weighted by Crippen LogP contribution is -2.57. The fourth-order valence-electron chi connectivity index (χ4n) is 1.94. The minimum absolute atomic E-state index is 0.0354. The van der Waals surface area contributed by atoms with Crippen LogP contribution in [-0.4, -0.2) is 59.5 Å². The Morgan fingerprint density at radius 3 is 2.78 bits per heavy atom. The Morgan fingerprint density at radius 1 is 1.44 bits per heavy atom. The summed E-state index contributed by atoms with van der Waals surface area (Å²) in [7, 11) is 0. The van der Waals surface area contributed by atoms with Gasteiger partial charge in [-0.05, 0) is 12.8 Å². The van der Waals surface area contributed by atoms with E-state index >= 15 is 0 Å². The number of amides is 2. The highest BCUT2D eigenvalue weighted by atomic mass is 16.4. The van der Waals surface area contributed by atoms with Crippen molar-refractivity contribution in [3.8, 4) is 0 Å². The smallest absolute Gasteiger partial charge is 0.322 e. The van der Waals surface area contributed by atoms with Crippen LogP contribution in [0.25, 0.3) is 0 Å². The molecule has 1 heterocycles. The number of rotatable bonds is 5. The Bertz CT molecular complexity index is 367. The summed E-state index contributed by atoms with van der Waals surface area (Å²) < 4.78 is 0. The summed E-state index contributed by atoms with van der Waals surface area (Å²) >= 11 is 0. The molecule has 18 heavy (non-hydrogen) atoms. The maximum atomic E-state index is 11.5. The molecule has 2 fully saturated rings. The van der Waals surface area contributed by atoms with Gasteiger partial charge < -0.3 is 15.7 Å². The predicted molar refractivity (Wildman–Crippen MR) is 61.8 cm³/mol. The largest absolute Gasteiger partial charge is 0.480 e. The molecule has 7 heteroatoms. The molecule has 7 nitrogen and oxygen atoms in total. The average Bonchev–Trinajstić information content (AvgIpc) is 3.10. The Morgan fingerprint density at radius 2 is 2.17 bits per heavy atom. The molecule has 2 rings (SSSR count). The van der Waals surface area contributed by atoms with Crippen molar-refractivity contribution in [2.45, 2.75) is 31.3 Å². The Labute approximate surface area is 105 Å². The molecule has 100 valence electrons. The van der Waals surface area contributed by atoms with Crippen molar-refractivity contribution in [2.75, 3.05) is 19.6 Å². The third kappa shape index (κ3) is 3.43. The summed E-state index contributed by atoms with van der Waals surface area (Å²) in [6.45, 7) is 0.426. The van der Waals surface area contributed by atoms with Gasteiger partial charge in [0.2, 0.25) is 11.8 Å². The normalized spacial score (nSPS) is 24.4. The number of nitrogens with one attached hydrogen (secondary N) is 2. The van der Waals surface area contributed by atoms with Crippen molar-refractivity contribution >= 4 is 17.8 Å². The summed E-state index contributed by atoms with van der Waals surface area (Å²) in [6.07, 6.45) is 2.28. The van der Waals surface area contributed by atoms with Crippen molar-refractivity contribution in [1.29, 1.82) is 0 Å². The molecule has 1 aliphatic heterocycles. The van der Waals surface area contributed by atoms with Crippen LogP contribution in [0.5, 0.6) is 0 Å². The standard InChI is InChI=1S/C11H17N3O4/c15-9(13-7-1-2-7)3-4-14-6-10(16)12-5-8(14)11(17)18/h7-8H,1-6H2,(H,12,16)(H,13,15)(H,17,18). The van der Waals surface area contributed by atoms with E-state index in [1.807, 2.05) is 0 Å². The summed E-state index contributed by atoms with van der Waals surface area (Å²) in [5.41, 5.74) is 0. The summed E-state index contributed by atoms with van der Waals surface area (Å²) in [4.78, 5) is 35.3. The first-order valence-electron chi connectivity index (χ1n) is 6.09. The Hall–Kier alpha value is -1.63. The lowest BCUT2D eigenvalue weighted by molar-refractivity contribution is -0.146. The quantitative estimate of drug-likeness (QED) is 0.557. The molecular formula is C11H17N3O4. The highest BCUT2D eigenvalue weighted by Crippen LogP contribution is 2.18. The first-order chi connectivity index (χ1) is 8.56. The summed E-state index contributed by atoms with van der Waals surface area (Å²) in [5.74, 6) is -1.25. The van der Waals surface area contributed by atoms with Gasteiger partial charge >= 0.3 is 5.97 Å². The van der Waals surface area contributed by atoms with Crippen molar-refractivity contribution < 1.29 is 19.5 Å². The molecule has 0 aromatic carbocycles. The van der Waals surface area contributed by atoms with Gasteiger partial charge in [-0.3, -0.25) is 19.3 Å². The fraction of sp³-hybridized carbons (Fsp3) is 0.727. The van der Waals surface area contributed by atoms with E-state index in [1.165, 1.54) is 4.90 Å². The van der Waals surface area contributed by atoms with Gasteiger partial charge in [0.1, 0.15) is 6.04 Å². The van der Waals surface area contributed by atoms with Gasteiger partial charge in [-0.2, -0.15) is 0 Å². The maximum Gasteiger partial charge on any atom is 0.322 e. The van der Waals surface area contributed by atoms with Crippen LogP contribution in [-0.2, 0) is 14.4 Å². The first-order valence-corrected chi connectivity index (χ1v) is 6.09. The molecule has 1 saturated heterocycles. The molecular weight excluding hydrogens is 238 g/mol. The number of carbonyl (C=O) groups is 3. The summed E-state index contributed by atoms with van der Waals surface area (Å²) in [5, 5.41) is 14.4. The van der Waals surface area contributed by atoms with Crippen LogP contribution < -0.4 is 10.6 Å². The molecule has 0 bridgehead atoms. The van der Waals surface area contributed by atoms with Crippen molar-refractivity contribution in [3.63, 3.8) is 0 Å². The number of nitrogens with zero attached hydrogens (tertiary/aromatic N) is 1. The van der Waals surface area contributed by atoms with Crippen LogP contribution in [0.4, 0.5) is 0 Å². The number of piperazine rings is 1. The maximum absolute atomic E-state index is 11.5. The summed E-state index contributed by atoms with van der Waals surface area (Å²) in [6, 6.07) is -0.436. The van der Waals surface area contributed by atoms with E-state index in [9.17, 15) is 14.4 Å². The van der Waals surface area contributed by atoms with Gasteiger partial charge in [-0.25, -0.2) is 0 Å². The minimum atomic E-state index is -0.974. The molecule has 0 aromatic rings. The van der Waals surface area contributed by atoms with Gasteiger partial charge in [0.25, 0.3) is 0 Å². The van der Waals surface area contributed by atoms with E-state index in [0.29, 0.717) is 12.6 Å². The second-order valence-corrected chi connectivity index (χ2v) is 4.72. The van der Waals surface area contributed by atoms with E-state index in [-0.39, 0.29) is 31.3 Å². The Balaban J connectivity index is 1.81. The fourth-order valence-corrected chi connectivity index (χ4v) is 1.94. The lowest BCUT2D eigenvalue weighted by Gasteiger charge is -2.32. The number of carbonyl (C=O) groups excluding carboxylic acids is 2. The van der Waals surface area contributed by atoms with Gasteiger partial charge in [-0.15, -0.1) is 0 Å². The highest BCUT2D eigenvalue weighted by Gasteiger charge is 2.32. The van der Waals surface area contributed by atoms with Crippen molar-refractivity contribution in [3.05, 3.63) is 0 Å². The number of hydrogen-bond donors (Lipinski definition) is 3. The SMILES string of the molecule is O=C1CN(CCC(=O)NC2CC2)C(C(=O)O)CN1. The third-order valence-corrected chi connectivity index (χ3v) is 3.13. The van der Waals surface area contributed by atoms with Crippen LogP contribution in [0, 0.1) is 0 Å². The van der Waals surface area contributed by atoms with E-state index in [0.717, 1.165) is 12.8 Å². The van der Waals surface area contributed by atoms with E-state index in [4.69, 9.17) is 5.11 Å². The molecule has 2 amide bonds. The lowest BCUT2D eigenvalue weighted by atomic mass is 10.1. The predicted octanol–water partition coefficient (Wildman–Crippen LogP) is -1.46. The molecule has 0 aromatic heterocycles. The second kappa shape index (κ2) is 5.34. The number of aliphatic carboxylic acids is 1. The van der Waals surface area contributed by atoms with Crippen LogP contribution >= 0.6 is 0 Å². The zero-order chi connectivity index (χ0) is 13.1. The molecule has 1 unspecified atom stereocenters. The number of carboxylic acid groups (broad SMARTS) is 1. The topological polar surface area (TPSA) is 98.7 Å². The Kier molecular flexibility index (Phi) is 3.81. The number of carboxylic acids is 1. The zero-order valence-corrected chi connectivity index (χ0v) is 10.0. The minimum Gasteiger partial charge on any atom is -0.480 e. The molecule has 0 radical (unpaired) electrons. The monoisotopic (exact) mass is 255 g/mol. The molecule has 2 aliphatic rings. The first kappa shape index (κ1) is 12.8. The highest BCUT2D eigenvalue weighted by molar-refractivity contribution is 5.83. The van der Waals surface area contributed by atoms with Gasteiger partial charge in [-0.1, -0.05) is 0 Å². The van der Waals surface area contributed by atoms with Crippen LogP contribution in [0.2, 0.25) is 0 Å². The molecule has 0 spiro atoms. The number of hydrogen-bond acceptors (Lipinski definition) is 4.